The number of carbonyl (C=O) groups is 1. The van der Waals surface area contributed by atoms with Gasteiger partial charge in [0, 0.05) is 0 Å². The van der Waals surface area contributed by atoms with Crippen molar-refractivity contribution in [1.29, 1.82) is 0 Å². The average molecular weight is 117 g/mol. The number of aliphatic hydroxyl groups is 1. The van der Waals surface area contributed by atoms with Crippen molar-refractivity contribution < 1.29 is 14.6 Å². The first kappa shape index (κ1) is 5.53. The maximum Gasteiger partial charge on any atom is 0.249 e. The molecule has 4 nitrogen and oxygen atoms in total. The summed E-state index contributed by atoms with van der Waals surface area (Å²) in [6, 6.07) is 0. The molecule has 0 bridgehead atoms. The van der Waals surface area contributed by atoms with Gasteiger partial charge >= 0.3 is 0 Å². The molecular formula is C4H7NO3. The van der Waals surface area contributed by atoms with E-state index in [-0.39, 0.29) is 6.10 Å². The predicted octanol–water partition coefficient (Wildman–Crippen LogP) is -1.77. The Morgan fingerprint density at radius 3 is 2.62 bits per heavy atom. The van der Waals surface area contributed by atoms with Crippen molar-refractivity contribution in [3.05, 3.63) is 0 Å². The molecule has 0 radical (unpaired) electrons. The molecule has 0 unspecified atom stereocenters. The van der Waals surface area contributed by atoms with Gasteiger partial charge in [-0.15, -0.1) is 0 Å². The van der Waals surface area contributed by atoms with E-state index in [1.807, 2.05) is 0 Å². The largest absolute Gasteiger partial charge is 0.380 e. The lowest BCUT2D eigenvalue weighted by Crippen LogP contribution is -2.32. The minimum absolute atomic E-state index is 0.326. The zero-order valence-corrected chi connectivity index (χ0v) is 4.20. The highest BCUT2D eigenvalue weighted by atomic mass is 16.6. The molecule has 1 amide bonds. The summed E-state index contributed by atoms with van der Waals surface area (Å²) in [6.45, 7) is 0.449. The van der Waals surface area contributed by atoms with Crippen molar-refractivity contribution in [3.63, 3.8) is 0 Å². The third-order valence-corrected chi connectivity index (χ3v) is 1.00. The number of rotatable bonds is 2. The van der Waals surface area contributed by atoms with Gasteiger partial charge in [0.25, 0.3) is 0 Å². The molecule has 1 aliphatic heterocycles. The molecule has 0 saturated carbocycles. The molecule has 0 spiro atoms. The summed E-state index contributed by atoms with van der Waals surface area (Å²) in [5.74, 6) is -0.715. The van der Waals surface area contributed by atoms with Crippen molar-refractivity contribution >= 4 is 5.91 Å². The van der Waals surface area contributed by atoms with Gasteiger partial charge in [0.2, 0.25) is 5.91 Å². The summed E-state index contributed by atoms with van der Waals surface area (Å²) in [4.78, 5) is 10.1. The summed E-state index contributed by atoms with van der Waals surface area (Å²) >= 11 is 0. The molecule has 1 saturated heterocycles. The minimum atomic E-state index is -1.10. The van der Waals surface area contributed by atoms with Gasteiger partial charge in [-0.1, -0.05) is 0 Å². The van der Waals surface area contributed by atoms with Crippen molar-refractivity contribution in [1.82, 2.24) is 0 Å². The fourth-order valence-corrected chi connectivity index (χ4v) is 0.421. The summed E-state index contributed by atoms with van der Waals surface area (Å²) in [5, 5.41) is 8.67. The van der Waals surface area contributed by atoms with Crippen LogP contribution in [0, 0.1) is 0 Å². The molecule has 2 atom stereocenters. The van der Waals surface area contributed by atoms with E-state index >= 15 is 0 Å². The molecule has 1 aliphatic rings. The average Bonchev–Trinajstić information content (AvgIpc) is 2.43. The Balaban J connectivity index is 2.32. The van der Waals surface area contributed by atoms with Crippen LogP contribution in [0.4, 0.5) is 0 Å². The van der Waals surface area contributed by atoms with Gasteiger partial charge in [-0.05, 0) is 0 Å². The van der Waals surface area contributed by atoms with E-state index in [0.717, 1.165) is 0 Å². The van der Waals surface area contributed by atoms with E-state index in [4.69, 9.17) is 10.8 Å². The lowest BCUT2D eigenvalue weighted by Gasteiger charge is -1.97. The van der Waals surface area contributed by atoms with Crippen LogP contribution in [-0.2, 0) is 9.53 Å². The third-order valence-electron chi connectivity index (χ3n) is 1.00. The standard InChI is InChI=1S/C4H7NO3/c5-4(7)3(6)2-1-8-2/h2-3,6H,1H2,(H2,5,7)/t2-,3+/m1/s1. The predicted molar refractivity (Wildman–Crippen MR) is 24.9 cm³/mol. The van der Waals surface area contributed by atoms with Crippen molar-refractivity contribution in [2.75, 3.05) is 6.61 Å². The van der Waals surface area contributed by atoms with E-state index < -0.39 is 12.0 Å². The van der Waals surface area contributed by atoms with Crippen LogP contribution >= 0.6 is 0 Å². The number of ether oxygens (including phenoxy) is 1. The highest BCUT2D eigenvalue weighted by Crippen LogP contribution is 2.12. The highest BCUT2D eigenvalue weighted by molar-refractivity contribution is 5.79. The first-order chi connectivity index (χ1) is 3.72. The van der Waals surface area contributed by atoms with E-state index in [2.05, 4.69) is 4.74 Å². The summed E-state index contributed by atoms with van der Waals surface area (Å²) < 4.78 is 4.58. The number of aliphatic hydroxyl groups excluding tert-OH is 1. The molecule has 4 heteroatoms. The maximum atomic E-state index is 10.1. The summed E-state index contributed by atoms with van der Waals surface area (Å²) in [5.41, 5.74) is 4.71. The highest BCUT2D eigenvalue weighted by Gasteiger charge is 2.34. The van der Waals surface area contributed by atoms with Crippen LogP contribution in [0.25, 0.3) is 0 Å². The second-order valence-corrected chi connectivity index (χ2v) is 1.72. The summed E-state index contributed by atoms with van der Waals surface area (Å²) in [7, 11) is 0. The van der Waals surface area contributed by atoms with Gasteiger partial charge in [0.05, 0.1) is 6.61 Å². The van der Waals surface area contributed by atoms with Crippen LogP contribution in [0.5, 0.6) is 0 Å². The molecule has 1 heterocycles. The van der Waals surface area contributed by atoms with Crippen molar-refractivity contribution in [2.45, 2.75) is 12.2 Å². The van der Waals surface area contributed by atoms with Crippen LogP contribution < -0.4 is 5.73 Å². The normalized spacial score (nSPS) is 29.4. The number of amides is 1. The lowest BCUT2D eigenvalue weighted by atomic mass is 10.3. The second-order valence-electron chi connectivity index (χ2n) is 1.72. The summed E-state index contributed by atoms with van der Waals surface area (Å²) in [6.07, 6.45) is -1.43. The molecule has 0 aromatic rings. The number of primary amides is 1. The SMILES string of the molecule is NC(=O)[C@@H](O)[C@H]1CO1. The Bertz CT molecular complexity index is 110. The van der Waals surface area contributed by atoms with E-state index in [0.29, 0.717) is 6.61 Å². The third kappa shape index (κ3) is 0.962. The van der Waals surface area contributed by atoms with Gasteiger partial charge < -0.3 is 15.6 Å². The number of hydrogen-bond acceptors (Lipinski definition) is 3. The number of epoxide rings is 1. The molecule has 0 aromatic carbocycles. The topological polar surface area (TPSA) is 75.9 Å². The monoisotopic (exact) mass is 117 g/mol. The molecule has 3 N–H and O–H groups in total. The molecule has 8 heavy (non-hydrogen) atoms. The molecule has 0 aliphatic carbocycles. The van der Waals surface area contributed by atoms with Crippen LogP contribution in [-0.4, -0.2) is 29.8 Å². The molecular weight excluding hydrogens is 110 g/mol. The maximum absolute atomic E-state index is 10.1. The van der Waals surface area contributed by atoms with Gasteiger partial charge in [0.15, 0.2) is 6.10 Å². The quantitative estimate of drug-likeness (QED) is 0.420. The van der Waals surface area contributed by atoms with Gasteiger partial charge in [0.1, 0.15) is 6.10 Å². The van der Waals surface area contributed by atoms with Crippen molar-refractivity contribution in [3.8, 4) is 0 Å². The Hall–Kier alpha value is -0.610. The fraction of sp³-hybridized carbons (Fsp3) is 0.750. The van der Waals surface area contributed by atoms with Crippen molar-refractivity contribution in [2.24, 2.45) is 5.73 Å². The molecule has 46 valence electrons. The Morgan fingerprint density at radius 2 is 2.50 bits per heavy atom. The lowest BCUT2D eigenvalue weighted by molar-refractivity contribution is -0.126. The van der Waals surface area contributed by atoms with Gasteiger partial charge in [-0.2, -0.15) is 0 Å². The molecule has 1 rings (SSSR count). The van der Waals surface area contributed by atoms with Crippen LogP contribution in [0.1, 0.15) is 0 Å². The van der Waals surface area contributed by atoms with Gasteiger partial charge in [-0.3, -0.25) is 4.79 Å². The van der Waals surface area contributed by atoms with E-state index in [1.54, 1.807) is 0 Å². The Labute approximate surface area is 46.2 Å². The zero-order chi connectivity index (χ0) is 6.15. The van der Waals surface area contributed by atoms with E-state index in [9.17, 15) is 4.79 Å². The molecule has 1 fully saturated rings. The van der Waals surface area contributed by atoms with Gasteiger partial charge in [-0.25, -0.2) is 0 Å². The Morgan fingerprint density at radius 1 is 2.00 bits per heavy atom. The van der Waals surface area contributed by atoms with Crippen LogP contribution in [0.15, 0.2) is 0 Å². The number of hydrogen-bond donors (Lipinski definition) is 2. The Kier molecular flexibility index (Phi) is 1.19. The second kappa shape index (κ2) is 1.72. The number of nitrogens with two attached hydrogens (primary N) is 1. The fourth-order valence-electron chi connectivity index (χ4n) is 0.421. The van der Waals surface area contributed by atoms with E-state index in [1.165, 1.54) is 0 Å². The molecule has 0 aromatic heterocycles. The smallest absolute Gasteiger partial charge is 0.249 e. The first-order valence-corrected chi connectivity index (χ1v) is 2.31. The van der Waals surface area contributed by atoms with Crippen LogP contribution in [0.2, 0.25) is 0 Å². The van der Waals surface area contributed by atoms with Crippen LogP contribution in [0.3, 0.4) is 0 Å². The first-order valence-electron chi connectivity index (χ1n) is 2.31. The number of carbonyl (C=O) groups excluding carboxylic acids is 1. The minimum Gasteiger partial charge on any atom is -0.380 e. The zero-order valence-electron chi connectivity index (χ0n) is 4.20.